The number of benzene rings is 1. The third kappa shape index (κ3) is 2.39. The van der Waals surface area contributed by atoms with Gasteiger partial charge in [0.05, 0.1) is 24.2 Å². The van der Waals surface area contributed by atoms with Crippen LogP contribution >= 0.6 is 27.5 Å². The van der Waals surface area contributed by atoms with Gasteiger partial charge in [0.15, 0.2) is 0 Å². The van der Waals surface area contributed by atoms with E-state index in [4.69, 9.17) is 27.2 Å². The Hall–Kier alpha value is -0.290. The predicted molar refractivity (Wildman–Crippen MR) is 59.7 cm³/mol. The number of rotatable bonds is 3. The molecule has 0 aliphatic heterocycles. The molecule has 0 saturated carbocycles. The minimum absolute atomic E-state index is 0.150. The van der Waals surface area contributed by atoms with Crippen molar-refractivity contribution in [1.82, 2.24) is 0 Å². The number of aliphatic hydroxyl groups is 1. The van der Waals surface area contributed by atoms with Crippen LogP contribution in [-0.2, 0) is 0 Å². The lowest BCUT2D eigenvalue weighted by atomic mass is 10.1. The maximum atomic E-state index is 8.95. The molecule has 0 amide bonds. The van der Waals surface area contributed by atoms with Crippen LogP contribution in [0.2, 0.25) is 5.02 Å². The van der Waals surface area contributed by atoms with Gasteiger partial charge in [0, 0.05) is 10.6 Å². The lowest BCUT2D eigenvalue weighted by molar-refractivity contribution is 0.264. The molecule has 78 valence electrons. The van der Waals surface area contributed by atoms with E-state index in [1.807, 2.05) is 0 Å². The Morgan fingerprint density at radius 3 is 2.79 bits per heavy atom. The van der Waals surface area contributed by atoms with Gasteiger partial charge < -0.3 is 15.6 Å². The molecule has 0 unspecified atom stereocenters. The minimum atomic E-state index is -0.486. The van der Waals surface area contributed by atoms with Crippen molar-refractivity contribution in [2.75, 3.05) is 13.7 Å². The smallest absolute Gasteiger partial charge is 0.137 e. The summed E-state index contributed by atoms with van der Waals surface area (Å²) in [6, 6.07) is 2.92. The van der Waals surface area contributed by atoms with Gasteiger partial charge in [-0.3, -0.25) is 0 Å². The molecule has 0 fully saturated rings. The van der Waals surface area contributed by atoms with E-state index >= 15 is 0 Å². The summed E-state index contributed by atoms with van der Waals surface area (Å²) in [5.74, 6) is 0.607. The van der Waals surface area contributed by atoms with Crippen molar-refractivity contribution in [3.05, 3.63) is 27.2 Å². The summed E-state index contributed by atoms with van der Waals surface area (Å²) < 4.78 is 5.89. The van der Waals surface area contributed by atoms with Gasteiger partial charge in [-0.25, -0.2) is 0 Å². The Kier molecular flexibility index (Phi) is 4.19. The van der Waals surface area contributed by atoms with E-state index in [1.165, 1.54) is 0 Å². The number of hydrogen-bond acceptors (Lipinski definition) is 3. The summed E-state index contributed by atoms with van der Waals surface area (Å²) in [6.45, 7) is -0.150. The van der Waals surface area contributed by atoms with Crippen LogP contribution in [0.15, 0.2) is 16.6 Å². The highest BCUT2D eigenvalue weighted by Gasteiger charge is 2.14. The fourth-order valence-corrected chi connectivity index (χ4v) is 2.17. The van der Waals surface area contributed by atoms with Gasteiger partial charge in [-0.05, 0) is 28.1 Å². The molecule has 1 aromatic rings. The Balaban J connectivity index is 3.24. The van der Waals surface area contributed by atoms with E-state index in [1.54, 1.807) is 19.2 Å². The largest absolute Gasteiger partial charge is 0.495 e. The Bertz CT molecular complexity index is 333. The Morgan fingerprint density at radius 2 is 2.29 bits per heavy atom. The first kappa shape index (κ1) is 11.8. The molecule has 1 rings (SSSR count). The number of methoxy groups -OCH3 is 1. The average molecular weight is 281 g/mol. The van der Waals surface area contributed by atoms with Crippen molar-refractivity contribution in [3.63, 3.8) is 0 Å². The highest BCUT2D eigenvalue weighted by Crippen LogP contribution is 2.35. The quantitative estimate of drug-likeness (QED) is 0.891. The minimum Gasteiger partial charge on any atom is -0.495 e. The maximum absolute atomic E-state index is 8.95. The van der Waals surface area contributed by atoms with Gasteiger partial charge in [-0.2, -0.15) is 0 Å². The van der Waals surface area contributed by atoms with Crippen LogP contribution in [0.5, 0.6) is 5.75 Å². The number of nitrogens with two attached hydrogens (primary N) is 1. The monoisotopic (exact) mass is 279 g/mol. The van der Waals surface area contributed by atoms with Crippen LogP contribution in [0.25, 0.3) is 0 Å². The standard InChI is InChI=1S/C9H11BrClNO2/c1-14-9-6(8(12)4-13)2-5(11)3-7(9)10/h2-3,8,13H,4,12H2,1H3/t8-/m0/s1. The number of aliphatic hydroxyl groups excluding tert-OH is 1. The van der Waals surface area contributed by atoms with E-state index in [0.29, 0.717) is 16.3 Å². The first-order valence-corrected chi connectivity index (χ1v) is 5.16. The molecule has 0 heterocycles. The molecule has 3 nitrogen and oxygen atoms in total. The van der Waals surface area contributed by atoms with Gasteiger partial charge in [-0.15, -0.1) is 0 Å². The van der Waals surface area contributed by atoms with Crippen molar-refractivity contribution in [2.45, 2.75) is 6.04 Å². The van der Waals surface area contributed by atoms with E-state index < -0.39 is 6.04 Å². The zero-order chi connectivity index (χ0) is 10.7. The summed E-state index contributed by atoms with van der Waals surface area (Å²) in [5, 5.41) is 9.50. The molecule has 0 saturated heterocycles. The number of ether oxygens (including phenoxy) is 1. The van der Waals surface area contributed by atoms with Crippen molar-refractivity contribution in [3.8, 4) is 5.75 Å². The molecule has 0 aliphatic rings. The van der Waals surface area contributed by atoms with Crippen LogP contribution in [0.4, 0.5) is 0 Å². The molecule has 0 aliphatic carbocycles. The van der Waals surface area contributed by atoms with Crippen LogP contribution in [0.3, 0.4) is 0 Å². The molecule has 1 atom stereocenters. The molecule has 0 bridgehead atoms. The van der Waals surface area contributed by atoms with Crippen LogP contribution in [0.1, 0.15) is 11.6 Å². The second-order valence-electron chi connectivity index (χ2n) is 2.80. The molecule has 0 aromatic heterocycles. The molecule has 1 aromatic carbocycles. The van der Waals surface area contributed by atoms with Crippen LogP contribution in [-0.4, -0.2) is 18.8 Å². The average Bonchev–Trinajstić information content (AvgIpc) is 2.15. The normalized spacial score (nSPS) is 12.6. The van der Waals surface area contributed by atoms with E-state index in [-0.39, 0.29) is 6.61 Å². The SMILES string of the molecule is COc1c(Br)cc(Cl)cc1[C@@H](N)CO. The third-order valence-electron chi connectivity index (χ3n) is 1.84. The highest BCUT2D eigenvalue weighted by molar-refractivity contribution is 9.10. The van der Waals surface area contributed by atoms with Gasteiger partial charge in [0.1, 0.15) is 5.75 Å². The lowest BCUT2D eigenvalue weighted by Gasteiger charge is -2.15. The van der Waals surface area contributed by atoms with E-state index in [0.717, 1.165) is 4.47 Å². The number of halogens is 2. The topological polar surface area (TPSA) is 55.5 Å². The summed E-state index contributed by atoms with van der Waals surface area (Å²) >= 11 is 9.17. The molecular weight excluding hydrogens is 269 g/mol. The third-order valence-corrected chi connectivity index (χ3v) is 2.64. The summed E-state index contributed by atoms with van der Waals surface area (Å²) in [5.41, 5.74) is 6.39. The molecule has 14 heavy (non-hydrogen) atoms. The Morgan fingerprint density at radius 1 is 1.64 bits per heavy atom. The van der Waals surface area contributed by atoms with Gasteiger partial charge in [-0.1, -0.05) is 11.6 Å². The summed E-state index contributed by atoms with van der Waals surface area (Å²) in [7, 11) is 1.54. The van der Waals surface area contributed by atoms with Gasteiger partial charge in [0.2, 0.25) is 0 Å². The van der Waals surface area contributed by atoms with Crippen molar-refractivity contribution < 1.29 is 9.84 Å². The predicted octanol–water partition coefficient (Wildman–Crippen LogP) is 2.10. The maximum Gasteiger partial charge on any atom is 0.137 e. The molecule has 5 heteroatoms. The molecule has 0 radical (unpaired) electrons. The molecule has 3 N–H and O–H groups in total. The van der Waals surface area contributed by atoms with E-state index in [2.05, 4.69) is 15.9 Å². The zero-order valence-electron chi connectivity index (χ0n) is 7.63. The first-order chi connectivity index (χ1) is 6.60. The summed E-state index contributed by atoms with van der Waals surface area (Å²) in [4.78, 5) is 0. The second kappa shape index (κ2) is 4.98. The first-order valence-electron chi connectivity index (χ1n) is 3.99. The zero-order valence-corrected chi connectivity index (χ0v) is 9.97. The van der Waals surface area contributed by atoms with Gasteiger partial charge in [0.25, 0.3) is 0 Å². The number of hydrogen-bond donors (Lipinski definition) is 2. The summed E-state index contributed by atoms with van der Waals surface area (Å²) in [6.07, 6.45) is 0. The fourth-order valence-electron chi connectivity index (χ4n) is 1.17. The Labute approximate surface area is 95.9 Å². The van der Waals surface area contributed by atoms with Crippen LogP contribution in [0, 0.1) is 0 Å². The van der Waals surface area contributed by atoms with E-state index in [9.17, 15) is 0 Å². The van der Waals surface area contributed by atoms with Crippen molar-refractivity contribution in [2.24, 2.45) is 5.73 Å². The van der Waals surface area contributed by atoms with Crippen molar-refractivity contribution in [1.29, 1.82) is 0 Å². The van der Waals surface area contributed by atoms with Gasteiger partial charge >= 0.3 is 0 Å². The molecule has 0 spiro atoms. The van der Waals surface area contributed by atoms with Crippen molar-refractivity contribution >= 4 is 27.5 Å². The lowest BCUT2D eigenvalue weighted by Crippen LogP contribution is -2.15. The highest BCUT2D eigenvalue weighted by atomic mass is 79.9. The fraction of sp³-hybridized carbons (Fsp3) is 0.333. The molecular formula is C9H11BrClNO2. The van der Waals surface area contributed by atoms with Crippen LogP contribution < -0.4 is 10.5 Å². The second-order valence-corrected chi connectivity index (χ2v) is 4.09.